The van der Waals surface area contributed by atoms with Crippen molar-refractivity contribution in [2.24, 2.45) is 5.92 Å². The van der Waals surface area contributed by atoms with E-state index >= 15 is 0 Å². The first-order chi connectivity index (χ1) is 17.3. The first kappa shape index (κ1) is 24.6. The van der Waals surface area contributed by atoms with Crippen molar-refractivity contribution in [3.8, 4) is 0 Å². The fourth-order valence-corrected chi connectivity index (χ4v) is 5.63. The summed E-state index contributed by atoms with van der Waals surface area (Å²) in [5.74, 6) is -1.55. The molecule has 10 heteroatoms. The Labute approximate surface area is 218 Å². The molecule has 1 saturated carbocycles. The molecule has 0 unspecified atom stereocenters. The normalized spacial score (nSPS) is 20.6. The minimum Gasteiger partial charge on any atom is -0.481 e. The number of pyridine rings is 1. The molecule has 3 heterocycles. The Bertz CT molecular complexity index is 1330. The Morgan fingerprint density at radius 3 is 2.50 bits per heavy atom. The zero-order valence-electron chi connectivity index (χ0n) is 19.5. The van der Waals surface area contributed by atoms with E-state index in [1.54, 1.807) is 22.7 Å². The molecule has 8 nitrogen and oxygen atoms in total. The van der Waals surface area contributed by atoms with E-state index in [-0.39, 0.29) is 23.8 Å². The van der Waals surface area contributed by atoms with Crippen LogP contribution in [0.15, 0.2) is 42.7 Å². The van der Waals surface area contributed by atoms with Crippen LogP contribution >= 0.6 is 23.2 Å². The van der Waals surface area contributed by atoms with Gasteiger partial charge in [0.15, 0.2) is 0 Å². The summed E-state index contributed by atoms with van der Waals surface area (Å²) in [6, 6.07) is 8.53. The third-order valence-corrected chi connectivity index (χ3v) is 8.10. The van der Waals surface area contributed by atoms with Crippen molar-refractivity contribution in [1.29, 1.82) is 0 Å². The topological polar surface area (TPSA) is 104 Å². The number of hydrogen-bond donors (Lipinski definition) is 2. The predicted octanol–water partition coefficient (Wildman–Crippen LogP) is 4.64. The van der Waals surface area contributed by atoms with Crippen LogP contribution in [0.1, 0.15) is 64.3 Å². The van der Waals surface area contributed by atoms with Gasteiger partial charge in [0, 0.05) is 30.9 Å². The highest BCUT2D eigenvalue weighted by molar-refractivity contribution is 6.42. The number of carbonyl (C=O) groups excluding carboxylic acids is 2. The second-order valence-corrected chi connectivity index (χ2v) is 10.3. The summed E-state index contributed by atoms with van der Waals surface area (Å²) in [5.41, 5.74) is 2.72. The van der Waals surface area contributed by atoms with E-state index in [1.165, 1.54) is 6.20 Å². The van der Waals surface area contributed by atoms with E-state index < -0.39 is 11.9 Å². The highest BCUT2D eigenvalue weighted by Crippen LogP contribution is 2.31. The van der Waals surface area contributed by atoms with Crippen molar-refractivity contribution >= 4 is 46.5 Å². The lowest BCUT2D eigenvalue weighted by atomic mass is 9.89. The maximum absolute atomic E-state index is 13.0. The number of aromatic nitrogens is 2. The maximum atomic E-state index is 13.0. The molecule has 0 spiro atoms. The number of hydrogen-bond acceptors (Lipinski definition) is 4. The molecule has 1 aliphatic heterocycles. The van der Waals surface area contributed by atoms with Gasteiger partial charge < -0.3 is 15.3 Å². The van der Waals surface area contributed by atoms with Crippen molar-refractivity contribution in [2.45, 2.75) is 44.1 Å². The molecule has 36 heavy (non-hydrogen) atoms. The van der Waals surface area contributed by atoms with Crippen LogP contribution in [0.5, 0.6) is 0 Å². The fraction of sp³-hybridized carbons (Fsp3) is 0.385. The standard InChI is InChI=1S/C26H26Cl2N4O4/c27-20-5-4-17(12-21(20)28)25(34)31-9-6-15(7-10-31)16-8-11-32-23(13-16)19(14-29-32)24(33)30-22-3-1-2-18(22)26(35)36/h4-5,8,11-15,18,22H,1-3,6-7,9-10H2,(H,30,33)(H,35,36)/t18-,22+/m0/s1. The van der Waals surface area contributed by atoms with E-state index in [9.17, 15) is 19.5 Å². The van der Waals surface area contributed by atoms with Crippen molar-refractivity contribution < 1.29 is 19.5 Å². The van der Waals surface area contributed by atoms with Crippen LogP contribution < -0.4 is 5.32 Å². The lowest BCUT2D eigenvalue weighted by Crippen LogP contribution is -2.40. The highest BCUT2D eigenvalue weighted by atomic mass is 35.5. The number of nitrogens with zero attached hydrogens (tertiary/aromatic N) is 3. The number of benzene rings is 1. The molecule has 2 fully saturated rings. The second kappa shape index (κ2) is 10.1. The van der Waals surface area contributed by atoms with Crippen molar-refractivity contribution in [3.05, 3.63) is 69.5 Å². The number of carboxylic acid groups (broad SMARTS) is 1. The van der Waals surface area contributed by atoms with Gasteiger partial charge in [0.2, 0.25) is 0 Å². The molecule has 1 aromatic carbocycles. The fourth-order valence-electron chi connectivity index (χ4n) is 5.33. The van der Waals surface area contributed by atoms with Gasteiger partial charge in [0.1, 0.15) is 0 Å². The van der Waals surface area contributed by atoms with Gasteiger partial charge in [-0.25, -0.2) is 4.52 Å². The highest BCUT2D eigenvalue weighted by Gasteiger charge is 2.34. The van der Waals surface area contributed by atoms with E-state index in [0.29, 0.717) is 52.6 Å². The molecule has 1 aliphatic carbocycles. The maximum Gasteiger partial charge on any atom is 0.308 e. The average Bonchev–Trinajstić information content (AvgIpc) is 3.52. The number of carbonyl (C=O) groups is 3. The number of fused-ring (bicyclic) bond motifs is 1. The van der Waals surface area contributed by atoms with Crippen molar-refractivity contribution in [3.63, 3.8) is 0 Å². The lowest BCUT2D eigenvalue weighted by molar-refractivity contribution is -0.142. The Hall–Kier alpha value is -3.10. The summed E-state index contributed by atoms with van der Waals surface area (Å²) < 4.78 is 1.66. The van der Waals surface area contributed by atoms with Gasteiger partial charge in [-0.3, -0.25) is 14.4 Å². The summed E-state index contributed by atoms with van der Waals surface area (Å²) >= 11 is 12.0. The molecule has 2 atom stereocenters. The number of carboxylic acids is 1. The summed E-state index contributed by atoms with van der Waals surface area (Å²) in [4.78, 5) is 39.2. The molecule has 2 aliphatic rings. The Morgan fingerprint density at radius 2 is 1.78 bits per heavy atom. The average molecular weight is 529 g/mol. The molecule has 2 amide bonds. The molecule has 0 radical (unpaired) electrons. The van der Waals surface area contributed by atoms with Crippen LogP contribution in [0.25, 0.3) is 5.52 Å². The number of halogens is 2. The molecule has 5 rings (SSSR count). The van der Waals surface area contributed by atoms with E-state index in [2.05, 4.69) is 10.4 Å². The van der Waals surface area contributed by atoms with Gasteiger partial charge in [0.25, 0.3) is 11.8 Å². The van der Waals surface area contributed by atoms with Gasteiger partial charge in [-0.15, -0.1) is 0 Å². The number of piperidine rings is 1. The van der Waals surface area contributed by atoms with Crippen molar-refractivity contribution in [1.82, 2.24) is 19.8 Å². The van der Waals surface area contributed by atoms with Gasteiger partial charge in [0.05, 0.1) is 33.2 Å². The van der Waals surface area contributed by atoms with Crippen LogP contribution in [-0.2, 0) is 4.79 Å². The molecule has 2 N–H and O–H groups in total. The third-order valence-electron chi connectivity index (χ3n) is 7.36. The second-order valence-electron chi connectivity index (χ2n) is 9.50. The molecule has 3 aromatic rings. The molecule has 1 saturated heterocycles. The summed E-state index contributed by atoms with van der Waals surface area (Å²) in [7, 11) is 0. The third kappa shape index (κ3) is 4.80. The number of nitrogens with one attached hydrogen (secondary N) is 1. The zero-order valence-corrected chi connectivity index (χ0v) is 21.0. The van der Waals surface area contributed by atoms with E-state index in [0.717, 1.165) is 24.8 Å². The molecule has 0 bridgehead atoms. The monoisotopic (exact) mass is 528 g/mol. The zero-order chi connectivity index (χ0) is 25.4. The summed E-state index contributed by atoms with van der Waals surface area (Å²) in [6.07, 6.45) is 6.97. The summed E-state index contributed by atoms with van der Waals surface area (Å²) in [5, 5.41) is 17.4. The Kier molecular flexibility index (Phi) is 6.90. The molecular weight excluding hydrogens is 503 g/mol. The first-order valence-corrected chi connectivity index (χ1v) is 12.8. The van der Waals surface area contributed by atoms with Crippen LogP contribution in [0.2, 0.25) is 10.0 Å². The SMILES string of the molecule is O=C(N[C@@H]1CCC[C@@H]1C(=O)O)c1cnn2ccc(C3CCN(C(=O)c4ccc(Cl)c(Cl)c4)CC3)cc12. The number of aliphatic carboxylic acids is 1. The Morgan fingerprint density at radius 1 is 1.00 bits per heavy atom. The van der Waals surface area contributed by atoms with E-state index in [4.69, 9.17) is 23.2 Å². The van der Waals surface area contributed by atoms with Gasteiger partial charge in [-0.2, -0.15) is 5.10 Å². The van der Waals surface area contributed by atoms with Crippen LogP contribution in [0.4, 0.5) is 0 Å². The minimum absolute atomic E-state index is 0.0659. The van der Waals surface area contributed by atoms with Gasteiger partial charge in [-0.1, -0.05) is 29.6 Å². The Balaban J connectivity index is 1.27. The number of amides is 2. The van der Waals surface area contributed by atoms with E-state index in [1.807, 2.05) is 23.2 Å². The number of rotatable bonds is 5. The predicted molar refractivity (Wildman–Crippen MR) is 136 cm³/mol. The van der Waals surface area contributed by atoms with Gasteiger partial charge in [-0.05, 0) is 67.5 Å². The quantitative estimate of drug-likeness (QED) is 0.501. The molecular formula is C26H26Cl2N4O4. The molecule has 2 aromatic heterocycles. The van der Waals surface area contributed by atoms with Gasteiger partial charge >= 0.3 is 5.97 Å². The largest absolute Gasteiger partial charge is 0.481 e. The number of likely N-dealkylation sites (tertiary alicyclic amines) is 1. The first-order valence-electron chi connectivity index (χ1n) is 12.1. The summed E-state index contributed by atoms with van der Waals surface area (Å²) in [6.45, 7) is 1.22. The molecule has 188 valence electrons. The van der Waals surface area contributed by atoms with Crippen molar-refractivity contribution in [2.75, 3.05) is 13.1 Å². The van der Waals surface area contributed by atoms with Crippen LogP contribution in [-0.4, -0.2) is 56.5 Å². The smallest absolute Gasteiger partial charge is 0.308 e. The minimum atomic E-state index is -0.871. The lowest BCUT2D eigenvalue weighted by Gasteiger charge is -2.32. The van der Waals surface area contributed by atoms with Crippen LogP contribution in [0.3, 0.4) is 0 Å². The van der Waals surface area contributed by atoms with Crippen LogP contribution in [0, 0.1) is 5.92 Å².